The first kappa shape index (κ1) is 11.0. The summed E-state index contributed by atoms with van der Waals surface area (Å²) < 4.78 is 0. The van der Waals surface area contributed by atoms with Crippen LogP contribution in [-0.2, 0) is 0 Å². The van der Waals surface area contributed by atoms with Crippen molar-refractivity contribution in [2.75, 3.05) is 26.2 Å². The molecule has 2 N–H and O–H groups in total. The lowest BCUT2D eigenvalue weighted by atomic mass is 9.96. The molecular weight excluding hydrogens is 160 g/mol. The van der Waals surface area contributed by atoms with Crippen LogP contribution in [0.3, 0.4) is 0 Å². The molecule has 1 aliphatic rings. The highest BCUT2D eigenvalue weighted by molar-refractivity contribution is 4.72. The fourth-order valence-electron chi connectivity index (χ4n) is 1.73. The van der Waals surface area contributed by atoms with Crippen LogP contribution in [0.4, 0.5) is 0 Å². The molecule has 1 aliphatic heterocycles. The number of rotatable bonds is 4. The summed E-state index contributed by atoms with van der Waals surface area (Å²) >= 11 is 0. The van der Waals surface area contributed by atoms with Crippen LogP contribution in [0.1, 0.15) is 33.6 Å². The van der Waals surface area contributed by atoms with E-state index < -0.39 is 0 Å². The molecule has 1 rings (SSSR count). The summed E-state index contributed by atoms with van der Waals surface area (Å²) in [5.41, 5.74) is 0.425. The van der Waals surface area contributed by atoms with Gasteiger partial charge in [-0.05, 0) is 50.4 Å². The van der Waals surface area contributed by atoms with E-state index in [1.165, 1.54) is 32.5 Å². The molecular formula is C11H24N2. The molecule has 0 radical (unpaired) electrons. The molecule has 0 saturated carbocycles. The van der Waals surface area contributed by atoms with Crippen LogP contribution in [0.15, 0.2) is 0 Å². The SMILES string of the molecule is CC(C)(C)CNCCC1CCNC1. The quantitative estimate of drug-likeness (QED) is 0.649. The van der Waals surface area contributed by atoms with Gasteiger partial charge in [-0.15, -0.1) is 0 Å². The van der Waals surface area contributed by atoms with Gasteiger partial charge in [0.2, 0.25) is 0 Å². The molecule has 0 bridgehead atoms. The summed E-state index contributed by atoms with van der Waals surface area (Å²) in [5, 5.41) is 6.93. The highest BCUT2D eigenvalue weighted by atomic mass is 14.9. The third-order valence-corrected chi connectivity index (χ3v) is 2.55. The van der Waals surface area contributed by atoms with Crippen molar-refractivity contribution in [2.24, 2.45) is 11.3 Å². The van der Waals surface area contributed by atoms with Gasteiger partial charge in [-0.3, -0.25) is 0 Å². The van der Waals surface area contributed by atoms with E-state index in [1.807, 2.05) is 0 Å². The Morgan fingerprint density at radius 3 is 2.69 bits per heavy atom. The van der Waals surface area contributed by atoms with Crippen LogP contribution in [-0.4, -0.2) is 26.2 Å². The Morgan fingerprint density at radius 1 is 1.38 bits per heavy atom. The van der Waals surface area contributed by atoms with Crippen molar-refractivity contribution in [3.8, 4) is 0 Å². The second-order valence-corrected chi connectivity index (χ2v) is 5.38. The first-order valence-electron chi connectivity index (χ1n) is 5.49. The van der Waals surface area contributed by atoms with Crippen molar-refractivity contribution in [1.29, 1.82) is 0 Å². The highest BCUT2D eigenvalue weighted by Crippen LogP contribution is 2.12. The number of nitrogens with one attached hydrogen (secondary N) is 2. The monoisotopic (exact) mass is 184 g/mol. The molecule has 0 aliphatic carbocycles. The Morgan fingerprint density at radius 2 is 2.15 bits per heavy atom. The Bertz CT molecular complexity index is 132. The molecule has 0 amide bonds. The Balaban J connectivity index is 1.94. The zero-order valence-corrected chi connectivity index (χ0v) is 9.32. The second-order valence-electron chi connectivity index (χ2n) is 5.38. The highest BCUT2D eigenvalue weighted by Gasteiger charge is 2.14. The van der Waals surface area contributed by atoms with Crippen molar-refractivity contribution in [3.05, 3.63) is 0 Å². The van der Waals surface area contributed by atoms with Gasteiger partial charge in [-0.2, -0.15) is 0 Å². The normalized spacial score (nSPS) is 23.8. The van der Waals surface area contributed by atoms with Gasteiger partial charge in [0.1, 0.15) is 0 Å². The van der Waals surface area contributed by atoms with Crippen LogP contribution < -0.4 is 10.6 Å². The number of hydrogen-bond donors (Lipinski definition) is 2. The molecule has 0 aromatic carbocycles. The minimum atomic E-state index is 0.425. The van der Waals surface area contributed by atoms with Crippen LogP contribution in [0.25, 0.3) is 0 Å². The minimum Gasteiger partial charge on any atom is -0.316 e. The molecule has 0 aromatic heterocycles. The smallest absolute Gasteiger partial charge is 0.0000123 e. The minimum absolute atomic E-state index is 0.425. The molecule has 1 fully saturated rings. The van der Waals surface area contributed by atoms with E-state index in [9.17, 15) is 0 Å². The van der Waals surface area contributed by atoms with Crippen LogP contribution >= 0.6 is 0 Å². The largest absolute Gasteiger partial charge is 0.316 e. The van der Waals surface area contributed by atoms with E-state index in [1.54, 1.807) is 0 Å². The molecule has 1 heterocycles. The molecule has 0 aromatic rings. The second kappa shape index (κ2) is 4.97. The maximum absolute atomic E-state index is 3.52. The molecule has 1 unspecified atom stereocenters. The van der Waals surface area contributed by atoms with Gasteiger partial charge in [0.25, 0.3) is 0 Å². The third kappa shape index (κ3) is 5.27. The predicted molar refractivity (Wildman–Crippen MR) is 57.9 cm³/mol. The van der Waals surface area contributed by atoms with E-state index in [0.717, 1.165) is 12.5 Å². The van der Waals surface area contributed by atoms with Crippen molar-refractivity contribution in [3.63, 3.8) is 0 Å². The lowest BCUT2D eigenvalue weighted by Crippen LogP contribution is -2.28. The Kier molecular flexibility index (Phi) is 4.20. The summed E-state index contributed by atoms with van der Waals surface area (Å²) in [6, 6.07) is 0. The summed E-state index contributed by atoms with van der Waals surface area (Å²) in [6.07, 6.45) is 2.71. The van der Waals surface area contributed by atoms with Gasteiger partial charge < -0.3 is 10.6 Å². The molecule has 1 saturated heterocycles. The van der Waals surface area contributed by atoms with Crippen molar-refractivity contribution >= 4 is 0 Å². The molecule has 2 heteroatoms. The fraction of sp³-hybridized carbons (Fsp3) is 1.00. The lowest BCUT2D eigenvalue weighted by Gasteiger charge is -2.19. The van der Waals surface area contributed by atoms with E-state index in [0.29, 0.717) is 5.41 Å². The van der Waals surface area contributed by atoms with Gasteiger partial charge in [-0.25, -0.2) is 0 Å². The van der Waals surface area contributed by atoms with E-state index >= 15 is 0 Å². The van der Waals surface area contributed by atoms with Gasteiger partial charge in [0, 0.05) is 0 Å². The summed E-state index contributed by atoms with van der Waals surface area (Å²) in [4.78, 5) is 0. The van der Waals surface area contributed by atoms with Gasteiger partial charge in [0.15, 0.2) is 0 Å². The summed E-state index contributed by atoms with van der Waals surface area (Å²) in [7, 11) is 0. The first-order valence-corrected chi connectivity index (χ1v) is 5.49. The summed E-state index contributed by atoms with van der Waals surface area (Å²) in [5.74, 6) is 0.924. The van der Waals surface area contributed by atoms with Gasteiger partial charge in [0.05, 0.1) is 0 Å². The van der Waals surface area contributed by atoms with Gasteiger partial charge in [-0.1, -0.05) is 20.8 Å². The lowest BCUT2D eigenvalue weighted by molar-refractivity contribution is 0.369. The standard InChI is InChI=1S/C11H24N2/c1-11(2,3)9-13-7-5-10-4-6-12-8-10/h10,12-13H,4-9H2,1-3H3. The molecule has 2 nitrogen and oxygen atoms in total. The predicted octanol–water partition coefficient (Wildman–Crippen LogP) is 1.62. The maximum Gasteiger partial charge on any atom is -0.0000123 e. The Labute approximate surface area is 82.5 Å². The van der Waals surface area contributed by atoms with Crippen molar-refractivity contribution in [2.45, 2.75) is 33.6 Å². The van der Waals surface area contributed by atoms with E-state index in [2.05, 4.69) is 31.4 Å². The molecule has 0 spiro atoms. The molecule has 78 valence electrons. The van der Waals surface area contributed by atoms with E-state index in [-0.39, 0.29) is 0 Å². The average Bonchev–Trinajstić information content (AvgIpc) is 2.48. The maximum atomic E-state index is 3.52. The number of hydrogen-bond acceptors (Lipinski definition) is 2. The van der Waals surface area contributed by atoms with E-state index in [4.69, 9.17) is 0 Å². The van der Waals surface area contributed by atoms with Crippen molar-refractivity contribution in [1.82, 2.24) is 10.6 Å². The zero-order valence-electron chi connectivity index (χ0n) is 9.32. The van der Waals surface area contributed by atoms with Crippen molar-refractivity contribution < 1.29 is 0 Å². The summed E-state index contributed by atoms with van der Waals surface area (Å²) in [6.45, 7) is 11.6. The molecule has 1 atom stereocenters. The Hall–Kier alpha value is -0.0800. The average molecular weight is 184 g/mol. The van der Waals surface area contributed by atoms with Crippen LogP contribution in [0.5, 0.6) is 0 Å². The fourth-order valence-corrected chi connectivity index (χ4v) is 1.73. The van der Waals surface area contributed by atoms with Crippen LogP contribution in [0, 0.1) is 11.3 Å². The third-order valence-electron chi connectivity index (χ3n) is 2.55. The topological polar surface area (TPSA) is 24.1 Å². The van der Waals surface area contributed by atoms with Crippen LogP contribution in [0.2, 0.25) is 0 Å². The zero-order chi connectivity index (χ0) is 9.73. The molecule has 13 heavy (non-hydrogen) atoms. The first-order chi connectivity index (χ1) is 6.08. The van der Waals surface area contributed by atoms with Gasteiger partial charge >= 0.3 is 0 Å².